The molecule has 0 amide bonds. The number of ketones is 1. The third kappa shape index (κ3) is 3.17. The lowest BCUT2D eigenvalue weighted by Crippen LogP contribution is -1.99. The number of ether oxygens (including phenoxy) is 1. The highest BCUT2D eigenvalue weighted by Crippen LogP contribution is 2.26. The lowest BCUT2D eigenvalue weighted by atomic mass is 10.0. The average Bonchev–Trinajstić information content (AvgIpc) is 3.37. The van der Waals surface area contributed by atoms with Crippen molar-refractivity contribution in [1.29, 1.82) is 0 Å². The number of H-pyrrole nitrogens is 1. The van der Waals surface area contributed by atoms with E-state index < -0.39 is 0 Å². The Kier molecular flexibility index (Phi) is 4.13. The maximum Gasteiger partial charge on any atom is 0.228 e. The van der Waals surface area contributed by atoms with Crippen LogP contribution in [0, 0.1) is 0 Å². The number of benzene rings is 2. The fraction of sp³-hybridized carbons (Fsp3) is 0.0833. The van der Waals surface area contributed by atoms with Gasteiger partial charge >= 0.3 is 0 Å². The normalized spacial score (nSPS) is 11.2. The number of furan rings is 1. The second-order valence-corrected chi connectivity index (χ2v) is 6.93. The topological polar surface area (TPSA) is 68.1 Å². The summed E-state index contributed by atoms with van der Waals surface area (Å²) in [5, 5.41) is 2.03. The number of methoxy groups -OCH3 is 1. The maximum absolute atomic E-state index is 12.8. The molecule has 5 rings (SSSR count). The smallest absolute Gasteiger partial charge is 0.228 e. The largest absolute Gasteiger partial charge is 0.497 e. The molecule has 0 aliphatic rings. The van der Waals surface area contributed by atoms with Gasteiger partial charge in [0.05, 0.1) is 7.11 Å². The van der Waals surface area contributed by atoms with Crippen LogP contribution in [0.5, 0.6) is 5.75 Å². The van der Waals surface area contributed by atoms with E-state index in [1.165, 1.54) is 5.56 Å². The van der Waals surface area contributed by atoms with Crippen molar-refractivity contribution in [1.82, 2.24) is 9.97 Å². The second kappa shape index (κ2) is 6.95. The Labute approximate surface area is 167 Å². The van der Waals surface area contributed by atoms with Crippen molar-refractivity contribution < 1.29 is 13.9 Å². The van der Waals surface area contributed by atoms with E-state index in [2.05, 4.69) is 22.1 Å². The van der Waals surface area contributed by atoms with Crippen molar-refractivity contribution in [2.45, 2.75) is 6.42 Å². The molecule has 3 aromatic heterocycles. The summed E-state index contributed by atoms with van der Waals surface area (Å²) in [7, 11) is 1.60. The van der Waals surface area contributed by atoms with Crippen LogP contribution in [-0.4, -0.2) is 22.9 Å². The van der Waals surface area contributed by atoms with Crippen LogP contribution < -0.4 is 4.74 Å². The zero-order chi connectivity index (χ0) is 19.8. The minimum Gasteiger partial charge on any atom is -0.497 e. The van der Waals surface area contributed by atoms with Gasteiger partial charge < -0.3 is 14.1 Å². The van der Waals surface area contributed by atoms with E-state index in [4.69, 9.17) is 9.15 Å². The first-order chi connectivity index (χ1) is 14.2. The summed E-state index contributed by atoms with van der Waals surface area (Å²) in [5.74, 6) is 0.898. The van der Waals surface area contributed by atoms with Gasteiger partial charge in [0.15, 0.2) is 5.76 Å². The van der Waals surface area contributed by atoms with Gasteiger partial charge in [0, 0.05) is 28.7 Å². The highest BCUT2D eigenvalue weighted by molar-refractivity contribution is 6.09. The lowest BCUT2D eigenvalue weighted by Gasteiger charge is -2.00. The third-order valence-corrected chi connectivity index (χ3v) is 5.09. The van der Waals surface area contributed by atoms with Gasteiger partial charge in [-0.05, 0) is 72.1 Å². The molecule has 5 nitrogen and oxygen atoms in total. The quantitative estimate of drug-likeness (QED) is 0.427. The molecule has 142 valence electrons. The predicted octanol–water partition coefficient (Wildman–Crippen LogP) is 5.14. The molecule has 2 aromatic carbocycles. The number of hydrogen-bond acceptors (Lipinski definition) is 4. The number of hydrogen-bond donors (Lipinski definition) is 1. The van der Waals surface area contributed by atoms with Crippen molar-refractivity contribution in [3.63, 3.8) is 0 Å². The van der Waals surface area contributed by atoms with Crippen LogP contribution in [0.25, 0.3) is 22.0 Å². The number of carbonyl (C=O) groups excluding carboxylic acids is 1. The molecule has 0 unspecified atom stereocenters. The van der Waals surface area contributed by atoms with Crippen LogP contribution >= 0.6 is 0 Å². The van der Waals surface area contributed by atoms with E-state index in [1.807, 2.05) is 30.5 Å². The Morgan fingerprint density at radius 1 is 1.10 bits per heavy atom. The number of pyridine rings is 1. The standard InChI is InChI=1S/C24H18N2O3/c1-28-19-7-5-16(6-8-19)23(27)22-13-17-11-15(4-9-21(17)29-22)12-18-14-26-24-20(18)3-2-10-25-24/h2-11,13-14H,12H2,1H3,(H,25,26). The summed E-state index contributed by atoms with van der Waals surface area (Å²) in [6, 6.07) is 18.8. The van der Waals surface area contributed by atoms with Gasteiger partial charge in [-0.1, -0.05) is 6.07 Å². The van der Waals surface area contributed by atoms with Crippen LogP contribution in [0.4, 0.5) is 0 Å². The Balaban J connectivity index is 1.44. The molecule has 0 saturated carbocycles. The first-order valence-corrected chi connectivity index (χ1v) is 9.33. The van der Waals surface area contributed by atoms with Crippen LogP contribution in [0.3, 0.4) is 0 Å². The first-order valence-electron chi connectivity index (χ1n) is 9.33. The highest BCUT2D eigenvalue weighted by atomic mass is 16.5. The van der Waals surface area contributed by atoms with Crippen molar-refractivity contribution in [2.75, 3.05) is 7.11 Å². The number of carbonyl (C=O) groups is 1. The van der Waals surface area contributed by atoms with Crippen molar-refractivity contribution in [3.05, 3.63) is 95.5 Å². The van der Waals surface area contributed by atoms with E-state index in [1.54, 1.807) is 37.6 Å². The van der Waals surface area contributed by atoms with Gasteiger partial charge in [0.2, 0.25) is 5.78 Å². The monoisotopic (exact) mass is 382 g/mol. The van der Waals surface area contributed by atoms with E-state index >= 15 is 0 Å². The minimum atomic E-state index is -0.145. The first kappa shape index (κ1) is 17.3. The molecule has 0 bridgehead atoms. The summed E-state index contributed by atoms with van der Waals surface area (Å²) in [6.07, 6.45) is 4.55. The van der Waals surface area contributed by atoms with Crippen molar-refractivity contribution in [3.8, 4) is 5.75 Å². The second-order valence-electron chi connectivity index (χ2n) is 6.93. The molecule has 5 aromatic rings. The predicted molar refractivity (Wildman–Crippen MR) is 112 cm³/mol. The molecule has 3 heterocycles. The number of rotatable bonds is 5. The fourth-order valence-electron chi connectivity index (χ4n) is 3.58. The van der Waals surface area contributed by atoms with Gasteiger partial charge in [0.1, 0.15) is 17.0 Å². The summed E-state index contributed by atoms with van der Waals surface area (Å²) in [4.78, 5) is 20.3. The lowest BCUT2D eigenvalue weighted by molar-refractivity contribution is 0.101. The molecule has 0 aliphatic heterocycles. The van der Waals surface area contributed by atoms with Crippen LogP contribution in [0.15, 0.2) is 77.5 Å². The Morgan fingerprint density at radius 2 is 1.97 bits per heavy atom. The van der Waals surface area contributed by atoms with Crippen molar-refractivity contribution in [2.24, 2.45) is 0 Å². The van der Waals surface area contributed by atoms with Crippen LogP contribution in [0.2, 0.25) is 0 Å². The third-order valence-electron chi connectivity index (χ3n) is 5.09. The number of nitrogens with one attached hydrogen (secondary N) is 1. The molecule has 0 fully saturated rings. The zero-order valence-corrected chi connectivity index (χ0v) is 15.8. The molecule has 0 saturated heterocycles. The average molecular weight is 382 g/mol. The molecule has 29 heavy (non-hydrogen) atoms. The molecule has 0 atom stereocenters. The highest BCUT2D eigenvalue weighted by Gasteiger charge is 2.15. The van der Waals surface area contributed by atoms with Crippen LogP contribution in [0.1, 0.15) is 27.2 Å². The number of nitrogens with zero attached hydrogens (tertiary/aromatic N) is 1. The Bertz CT molecular complexity index is 1330. The molecule has 0 spiro atoms. The number of aromatic amines is 1. The molecule has 0 aliphatic carbocycles. The van der Waals surface area contributed by atoms with E-state index in [0.29, 0.717) is 22.7 Å². The molecular weight excluding hydrogens is 364 g/mol. The molecule has 1 N–H and O–H groups in total. The maximum atomic E-state index is 12.8. The van der Waals surface area contributed by atoms with E-state index in [9.17, 15) is 4.79 Å². The number of fused-ring (bicyclic) bond motifs is 2. The van der Waals surface area contributed by atoms with Gasteiger partial charge in [0.25, 0.3) is 0 Å². The van der Waals surface area contributed by atoms with Gasteiger partial charge in [-0.15, -0.1) is 0 Å². The minimum absolute atomic E-state index is 0.145. The Morgan fingerprint density at radius 3 is 2.79 bits per heavy atom. The van der Waals surface area contributed by atoms with Crippen molar-refractivity contribution >= 4 is 27.8 Å². The molecule has 0 radical (unpaired) electrons. The van der Waals surface area contributed by atoms with Gasteiger partial charge in [-0.3, -0.25) is 4.79 Å². The summed E-state index contributed by atoms with van der Waals surface area (Å²) < 4.78 is 10.9. The zero-order valence-electron chi connectivity index (χ0n) is 15.8. The van der Waals surface area contributed by atoms with E-state index in [0.717, 1.165) is 28.4 Å². The Hall–Kier alpha value is -3.86. The van der Waals surface area contributed by atoms with Gasteiger partial charge in [-0.25, -0.2) is 4.98 Å². The number of aromatic nitrogens is 2. The summed E-state index contributed by atoms with van der Waals surface area (Å²) in [5.41, 5.74) is 4.49. The SMILES string of the molecule is COc1ccc(C(=O)c2cc3cc(Cc4c[nH]c5ncccc45)ccc3o2)cc1. The van der Waals surface area contributed by atoms with E-state index in [-0.39, 0.29) is 5.78 Å². The molecular formula is C24H18N2O3. The van der Waals surface area contributed by atoms with Crippen LogP contribution in [-0.2, 0) is 6.42 Å². The fourth-order valence-corrected chi connectivity index (χ4v) is 3.58. The summed E-state index contributed by atoms with van der Waals surface area (Å²) >= 11 is 0. The van der Waals surface area contributed by atoms with Gasteiger partial charge in [-0.2, -0.15) is 0 Å². The summed E-state index contributed by atoms with van der Waals surface area (Å²) in [6.45, 7) is 0. The molecule has 5 heteroatoms.